The molecule has 1 heterocycles. The van der Waals surface area contributed by atoms with Gasteiger partial charge in [-0.25, -0.2) is 0 Å². The summed E-state index contributed by atoms with van der Waals surface area (Å²) in [4.78, 5) is 2.53. The number of hydrogen-bond donors (Lipinski definition) is 1. The second kappa shape index (κ2) is 6.86. The zero-order chi connectivity index (χ0) is 10.2. The summed E-state index contributed by atoms with van der Waals surface area (Å²) in [6, 6.07) is 0.709. The summed E-state index contributed by atoms with van der Waals surface area (Å²) in [5.41, 5.74) is 0. The third-order valence-electron chi connectivity index (χ3n) is 2.90. The summed E-state index contributed by atoms with van der Waals surface area (Å²) in [5, 5.41) is 8.79. The first-order chi connectivity index (χ1) is 6.88. The fourth-order valence-corrected chi connectivity index (χ4v) is 2.17. The van der Waals surface area contributed by atoms with E-state index in [4.69, 9.17) is 5.11 Å². The molecule has 1 atom stereocenters. The van der Waals surface area contributed by atoms with Crippen molar-refractivity contribution < 1.29 is 5.11 Å². The van der Waals surface area contributed by atoms with Gasteiger partial charge in [0.2, 0.25) is 0 Å². The molecule has 1 aliphatic heterocycles. The summed E-state index contributed by atoms with van der Waals surface area (Å²) in [6.45, 7) is 4.56. The number of rotatable bonds is 5. The zero-order valence-electron chi connectivity index (χ0n) is 9.13. The van der Waals surface area contributed by atoms with Crippen LogP contribution in [0, 0.1) is 11.8 Å². The molecule has 1 aliphatic rings. The van der Waals surface area contributed by atoms with Crippen molar-refractivity contribution in [2.24, 2.45) is 0 Å². The Morgan fingerprint density at radius 1 is 1.50 bits per heavy atom. The Labute approximate surface area is 87.3 Å². The SMILES string of the molecule is CC#CCCN1CCCC1CCCO. The van der Waals surface area contributed by atoms with Crippen LogP contribution in [-0.2, 0) is 0 Å². The molecule has 14 heavy (non-hydrogen) atoms. The molecule has 0 aliphatic carbocycles. The number of aliphatic hydroxyl groups excluding tert-OH is 1. The van der Waals surface area contributed by atoms with Gasteiger partial charge in [-0.2, -0.15) is 0 Å². The fourth-order valence-electron chi connectivity index (χ4n) is 2.17. The van der Waals surface area contributed by atoms with Crippen LogP contribution in [0.1, 0.15) is 39.0 Å². The molecule has 0 saturated carbocycles. The number of nitrogens with zero attached hydrogens (tertiary/aromatic N) is 1. The lowest BCUT2D eigenvalue weighted by molar-refractivity contribution is 0.219. The molecule has 0 aromatic rings. The van der Waals surface area contributed by atoms with E-state index in [0.717, 1.165) is 25.8 Å². The Morgan fingerprint density at radius 2 is 2.36 bits per heavy atom. The first-order valence-electron chi connectivity index (χ1n) is 5.63. The molecule has 80 valence electrons. The zero-order valence-corrected chi connectivity index (χ0v) is 9.13. The second-order valence-corrected chi connectivity index (χ2v) is 3.87. The minimum atomic E-state index is 0.332. The summed E-state index contributed by atoms with van der Waals surface area (Å²) < 4.78 is 0. The van der Waals surface area contributed by atoms with Crippen molar-refractivity contribution >= 4 is 0 Å². The van der Waals surface area contributed by atoms with Crippen molar-refractivity contribution in [1.29, 1.82) is 0 Å². The molecule has 1 fully saturated rings. The van der Waals surface area contributed by atoms with Crippen molar-refractivity contribution in [2.75, 3.05) is 19.7 Å². The average molecular weight is 195 g/mol. The molecular formula is C12H21NO. The van der Waals surface area contributed by atoms with Crippen LogP contribution >= 0.6 is 0 Å². The molecule has 0 radical (unpaired) electrons. The third kappa shape index (κ3) is 3.69. The van der Waals surface area contributed by atoms with Crippen LogP contribution in [0.25, 0.3) is 0 Å². The molecule has 1 saturated heterocycles. The van der Waals surface area contributed by atoms with Crippen molar-refractivity contribution in [3.63, 3.8) is 0 Å². The molecule has 0 aromatic heterocycles. The van der Waals surface area contributed by atoms with Crippen LogP contribution in [0.4, 0.5) is 0 Å². The van der Waals surface area contributed by atoms with Crippen LogP contribution in [0.3, 0.4) is 0 Å². The molecule has 2 nitrogen and oxygen atoms in total. The smallest absolute Gasteiger partial charge is 0.0431 e. The van der Waals surface area contributed by atoms with E-state index in [1.165, 1.54) is 19.4 Å². The lowest BCUT2D eigenvalue weighted by Crippen LogP contribution is -2.30. The van der Waals surface area contributed by atoms with E-state index in [0.29, 0.717) is 12.6 Å². The van der Waals surface area contributed by atoms with Crippen molar-refractivity contribution in [3.05, 3.63) is 0 Å². The Morgan fingerprint density at radius 3 is 3.07 bits per heavy atom. The Kier molecular flexibility index (Phi) is 5.66. The maximum atomic E-state index is 8.79. The fraction of sp³-hybridized carbons (Fsp3) is 0.833. The average Bonchev–Trinajstić information content (AvgIpc) is 2.63. The van der Waals surface area contributed by atoms with Gasteiger partial charge in [0.25, 0.3) is 0 Å². The van der Waals surface area contributed by atoms with Gasteiger partial charge >= 0.3 is 0 Å². The van der Waals surface area contributed by atoms with Crippen LogP contribution in [0.5, 0.6) is 0 Å². The standard InChI is InChI=1S/C12H21NO/c1-2-3-4-9-13-10-5-7-12(13)8-6-11-14/h12,14H,4-11H2,1H3. The molecule has 0 bridgehead atoms. The van der Waals surface area contributed by atoms with E-state index in [9.17, 15) is 0 Å². The minimum Gasteiger partial charge on any atom is -0.396 e. The van der Waals surface area contributed by atoms with E-state index in [1.54, 1.807) is 0 Å². The maximum Gasteiger partial charge on any atom is 0.0431 e. The quantitative estimate of drug-likeness (QED) is 0.674. The van der Waals surface area contributed by atoms with Gasteiger partial charge in [-0.1, -0.05) is 0 Å². The highest BCUT2D eigenvalue weighted by molar-refractivity contribution is 4.96. The highest BCUT2D eigenvalue weighted by Crippen LogP contribution is 2.20. The van der Waals surface area contributed by atoms with E-state index in [1.807, 2.05) is 6.92 Å². The van der Waals surface area contributed by atoms with Gasteiger partial charge in [-0.05, 0) is 39.2 Å². The predicted molar refractivity (Wildman–Crippen MR) is 59.0 cm³/mol. The lowest BCUT2D eigenvalue weighted by Gasteiger charge is -2.23. The van der Waals surface area contributed by atoms with Gasteiger partial charge < -0.3 is 5.11 Å². The highest BCUT2D eigenvalue weighted by Gasteiger charge is 2.22. The van der Waals surface area contributed by atoms with Crippen LogP contribution in [0.15, 0.2) is 0 Å². The van der Waals surface area contributed by atoms with E-state index < -0.39 is 0 Å². The van der Waals surface area contributed by atoms with Gasteiger partial charge in [0, 0.05) is 25.6 Å². The van der Waals surface area contributed by atoms with Gasteiger partial charge in [0.1, 0.15) is 0 Å². The molecular weight excluding hydrogens is 174 g/mol. The largest absolute Gasteiger partial charge is 0.396 e. The molecule has 1 unspecified atom stereocenters. The van der Waals surface area contributed by atoms with Gasteiger partial charge in [-0.3, -0.25) is 4.90 Å². The molecule has 0 aromatic carbocycles. The minimum absolute atomic E-state index is 0.332. The van der Waals surface area contributed by atoms with Gasteiger partial charge in [-0.15, -0.1) is 11.8 Å². The first-order valence-corrected chi connectivity index (χ1v) is 5.63. The Balaban J connectivity index is 2.22. The summed E-state index contributed by atoms with van der Waals surface area (Å²) >= 11 is 0. The van der Waals surface area contributed by atoms with Crippen molar-refractivity contribution in [1.82, 2.24) is 4.90 Å². The molecule has 0 amide bonds. The summed E-state index contributed by atoms with van der Waals surface area (Å²) in [6.07, 6.45) is 5.71. The normalized spacial score (nSPS) is 22.0. The molecule has 1 N–H and O–H groups in total. The Hall–Kier alpha value is -0.520. The molecule has 1 rings (SSSR count). The number of likely N-dealkylation sites (tertiary alicyclic amines) is 1. The molecule has 0 spiro atoms. The first kappa shape index (κ1) is 11.6. The van der Waals surface area contributed by atoms with E-state index in [2.05, 4.69) is 16.7 Å². The topological polar surface area (TPSA) is 23.5 Å². The van der Waals surface area contributed by atoms with Crippen molar-refractivity contribution in [3.8, 4) is 11.8 Å². The van der Waals surface area contributed by atoms with Crippen molar-refractivity contribution in [2.45, 2.75) is 45.1 Å². The van der Waals surface area contributed by atoms with E-state index >= 15 is 0 Å². The number of aliphatic hydroxyl groups is 1. The predicted octanol–water partition coefficient (Wildman–Crippen LogP) is 1.64. The van der Waals surface area contributed by atoms with Gasteiger partial charge in [0.05, 0.1) is 0 Å². The van der Waals surface area contributed by atoms with Crippen LogP contribution in [0.2, 0.25) is 0 Å². The summed E-state index contributed by atoms with van der Waals surface area (Å²) in [7, 11) is 0. The van der Waals surface area contributed by atoms with Gasteiger partial charge in [0.15, 0.2) is 0 Å². The summed E-state index contributed by atoms with van der Waals surface area (Å²) in [5.74, 6) is 6.04. The Bertz CT molecular complexity index is 204. The number of hydrogen-bond acceptors (Lipinski definition) is 2. The van der Waals surface area contributed by atoms with Crippen LogP contribution in [-0.4, -0.2) is 35.7 Å². The third-order valence-corrected chi connectivity index (χ3v) is 2.90. The lowest BCUT2D eigenvalue weighted by atomic mass is 10.1. The van der Waals surface area contributed by atoms with Crippen LogP contribution < -0.4 is 0 Å². The second-order valence-electron chi connectivity index (χ2n) is 3.87. The monoisotopic (exact) mass is 195 g/mol. The molecule has 2 heteroatoms. The highest BCUT2D eigenvalue weighted by atomic mass is 16.2. The van der Waals surface area contributed by atoms with E-state index in [-0.39, 0.29) is 0 Å². The maximum absolute atomic E-state index is 8.79.